The zero-order chi connectivity index (χ0) is 17.6. The van der Waals surface area contributed by atoms with Crippen molar-refractivity contribution in [3.8, 4) is 0 Å². The van der Waals surface area contributed by atoms with Crippen molar-refractivity contribution in [1.82, 2.24) is 10.4 Å². The third-order valence-corrected chi connectivity index (χ3v) is 5.02. The molecule has 8 nitrogen and oxygen atoms in total. The number of carbonyl (C=O) groups excluding carboxylic acids is 2. The molecule has 0 aromatic rings. The van der Waals surface area contributed by atoms with Gasteiger partial charge in [0, 0.05) is 0 Å². The topological polar surface area (TPSA) is 103 Å². The molecule has 0 spiro atoms. The molecule has 2 N–H and O–H groups in total. The van der Waals surface area contributed by atoms with Gasteiger partial charge in [0.25, 0.3) is 7.52 Å². The van der Waals surface area contributed by atoms with Crippen molar-refractivity contribution in [1.29, 1.82) is 0 Å². The van der Waals surface area contributed by atoms with Crippen molar-refractivity contribution in [2.24, 2.45) is 0 Å². The van der Waals surface area contributed by atoms with E-state index in [4.69, 9.17) is 9.26 Å². The summed E-state index contributed by atoms with van der Waals surface area (Å²) in [4.78, 5) is 23.2. The van der Waals surface area contributed by atoms with Crippen LogP contribution in [0.4, 0.5) is 4.79 Å². The van der Waals surface area contributed by atoms with Crippen LogP contribution in [0.3, 0.4) is 0 Å². The Labute approximate surface area is 131 Å². The molecule has 0 aliphatic heterocycles. The lowest BCUT2D eigenvalue weighted by Gasteiger charge is -2.28. The maximum Gasteiger partial charge on any atom is 0.408 e. The fraction of sp³-hybridized carbons (Fsp3) is 0.846. The molecule has 0 aliphatic rings. The van der Waals surface area contributed by atoms with Crippen molar-refractivity contribution in [3.05, 3.63) is 0 Å². The number of alkyl carbamates (subject to hydrolysis) is 1. The van der Waals surface area contributed by atoms with Crippen LogP contribution >= 0.6 is 7.52 Å². The second kappa shape index (κ2) is 8.50. The number of esters is 1. The molecule has 0 fully saturated rings. The number of ether oxygens (including phenoxy) is 2. The summed E-state index contributed by atoms with van der Waals surface area (Å²) < 4.78 is 27.8. The molecule has 130 valence electrons. The summed E-state index contributed by atoms with van der Waals surface area (Å²) in [6, 6.07) is -0.842. The summed E-state index contributed by atoms with van der Waals surface area (Å²) >= 11 is 0. The fourth-order valence-corrected chi connectivity index (χ4v) is 3.34. The van der Waals surface area contributed by atoms with Crippen molar-refractivity contribution in [2.75, 3.05) is 13.7 Å². The second-order valence-corrected chi connectivity index (χ2v) is 8.20. The number of rotatable bonds is 7. The van der Waals surface area contributed by atoms with Crippen LogP contribution in [0.15, 0.2) is 0 Å². The molecule has 1 amide bonds. The number of methoxy groups -OCH3 is 1. The zero-order valence-corrected chi connectivity index (χ0v) is 15.2. The van der Waals surface area contributed by atoms with Crippen LogP contribution in [0.25, 0.3) is 0 Å². The Bertz CT molecular complexity index is 435. The number of amides is 1. The quantitative estimate of drug-likeness (QED) is 0.542. The summed E-state index contributed by atoms with van der Waals surface area (Å²) in [5.74, 6) is -1.46. The van der Waals surface area contributed by atoms with Crippen molar-refractivity contribution >= 4 is 19.6 Å². The summed E-state index contributed by atoms with van der Waals surface area (Å²) in [6.45, 7) is 9.98. The number of hydrogen-bond donors (Lipinski definition) is 2. The van der Waals surface area contributed by atoms with E-state index in [1.165, 1.54) is 21.0 Å². The molecule has 0 heterocycles. The van der Waals surface area contributed by atoms with Crippen LogP contribution in [0.2, 0.25) is 0 Å². The summed E-state index contributed by atoms with van der Waals surface area (Å²) in [5.41, 5.74) is -0.674. The Balaban J connectivity index is 4.94. The first kappa shape index (κ1) is 20.9. The van der Waals surface area contributed by atoms with Gasteiger partial charge in [0.1, 0.15) is 17.4 Å². The van der Waals surface area contributed by atoms with E-state index in [9.17, 15) is 14.2 Å². The van der Waals surface area contributed by atoms with E-state index in [0.717, 1.165) is 0 Å². The van der Waals surface area contributed by atoms with Gasteiger partial charge in [0.05, 0.1) is 13.7 Å². The Morgan fingerprint density at radius 2 is 1.77 bits per heavy atom. The van der Waals surface area contributed by atoms with Gasteiger partial charge in [-0.05, 0) is 41.5 Å². The average molecular weight is 338 g/mol. The summed E-state index contributed by atoms with van der Waals surface area (Å²) in [5, 5.41) is 5.06. The standard InChI is InChI=1S/C13H27N2O6P/c1-8-20-22(18,15-9(2)11(16)19-7)10(3)14-12(17)21-13(4,5)6/h9-10H,8H2,1-7H3,(H,14,17)(H,15,18). The van der Waals surface area contributed by atoms with Gasteiger partial charge in [-0.25, -0.2) is 9.88 Å². The first-order chi connectivity index (χ1) is 9.95. The highest BCUT2D eigenvalue weighted by Crippen LogP contribution is 2.47. The number of carbonyl (C=O) groups is 2. The molecular weight excluding hydrogens is 311 g/mol. The molecule has 0 aromatic heterocycles. The molecule has 0 aromatic carbocycles. The lowest BCUT2D eigenvalue weighted by atomic mass is 10.2. The smallest absolute Gasteiger partial charge is 0.408 e. The molecule has 0 saturated heterocycles. The summed E-state index contributed by atoms with van der Waals surface area (Å²) in [6.07, 6.45) is -0.715. The van der Waals surface area contributed by atoms with Crippen molar-refractivity contribution < 1.29 is 28.2 Å². The Morgan fingerprint density at radius 3 is 2.18 bits per heavy atom. The summed E-state index contributed by atoms with van der Waals surface area (Å²) in [7, 11) is -2.29. The lowest BCUT2D eigenvalue weighted by Crippen LogP contribution is -2.43. The molecule has 0 saturated carbocycles. The molecule has 3 unspecified atom stereocenters. The highest BCUT2D eigenvalue weighted by molar-refractivity contribution is 7.57. The maximum atomic E-state index is 12.8. The van der Waals surface area contributed by atoms with E-state index in [0.29, 0.717) is 0 Å². The van der Waals surface area contributed by atoms with Gasteiger partial charge in [0.15, 0.2) is 0 Å². The van der Waals surface area contributed by atoms with Crippen LogP contribution in [-0.4, -0.2) is 43.2 Å². The highest BCUT2D eigenvalue weighted by atomic mass is 31.2. The largest absolute Gasteiger partial charge is 0.468 e. The second-order valence-electron chi connectivity index (χ2n) is 5.71. The fourth-order valence-electron chi connectivity index (χ4n) is 1.52. The highest BCUT2D eigenvalue weighted by Gasteiger charge is 2.36. The van der Waals surface area contributed by atoms with Gasteiger partial charge in [-0.2, -0.15) is 0 Å². The van der Waals surface area contributed by atoms with E-state index < -0.39 is 37.0 Å². The lowest BCUT2D eigenvalue weighted by molar-refractivity contribution is -0.142. The minimum Gasteiger partial charge on any atom is -0.468 e. The molecule has 0 bridgehead atoms. The van der Waals surface area contributed by atoms with E-state index in [2.05, 4.69) is 15.1 Å². The number of hydrogen-bond acceptors (Lipinski definition) is 6. The van der Waals surface area contributed by atoms with Gasteiger partial charge in [-0.3, -0.25) is 9.36 Å². The van der Waals surface area contributed by atoms with E-state index in [1.54, 1.807) is 27.7 Å². The predicted octanol–water partition coefficient (Wildman–Crippen LogP) is 2.24. The van der Waals surface area contributed by atoms with E-state index in [-0.39, 0.29) is 6.61 Å². The molecule has 3 atom stereocenters. The first-order valence-corrected chi connectivity index (χ1v) is 8.74. The minimum atomic E-state index is -3.52. The van der Waals surface area contributed by atoms with E-state index >= 15 is 0 Å². The Kier molecular flexibility index (Phi) is 8.07. The first-order valence-electron chi connectivity index (χ1n) is 7.04. The molecule has 0 rings (SSSR count). The van der Waals surface area contributed by atoms with Crippen LogP contribution in [0.1, 0.15) is 41.5 Å². The minimum absolute atomic E-state index is 0.151. The van der Waals surface area contributed by atoms with Crippen molar-refractivity contribution in [3.63, 3.8) is 0 Å². The van der Waals surface area contributed by atoms with Gasteiger partial charge in [0.2, 0.25) is 0 Å². The van der Waals surface area contributed by atoms with E-state index in [1.807, 2.05) is 0 Å². The molecule has 0 aliphatic carbocycles. The van der Waals surface area contributed by atoms with Crippen LogP contribution in [0, 0.1) is 0 Å². The Hall–Kier alpha value is -1.11. The third-order valence-electron chi connectivity index (χ3n) is 2.48. The SMILES string of the molecule is CCOP(=O)(NC(C)C(=O)OC)C(C)NC(=O)OC(C)(C)C. The Morgan fingerprint density at radius 1 is 1.23 bits per heavy atom. The molecular formula is C13H27N2O6P. The predicted molar refractivity (Wildman–Crippen MR) is 82.7 cm³/mol. The number of nitrogens with one attached hydrogen (secondary N) is 2. The van der Waals surface area contributed by atoms with Crippen molar-refractivity contribution in [2.45, 2.75) is 59.0 Å². The molecule has 9 heteroatoms. The van der Waals surface area contributed by atoms with Gasteiger partial charge in [-0.15, -0.1) is 0 Å². The third kappa shape index (κ3) is 7.24. The van der Waals surface area contributed by atoms with Gasteiger partial charge in [-0.1, -0.05) is 0 Å². The maximum absolute atomic E-state index is 12.8. The van der Waals surface area contributed by atoms with Gasteiger partial charge >= 0.3 is 12.1 Å². The monoisotopic (exact) mass is 338 g/mol. The zero-order valence-electron chi connectivity index (χ0n) is 14.3. The molecule has 22 heavy (non-hydrogen) atoms. The van der Waals surface area contributed by atoms with Crippen LogP contribution < -0.4 is 10.4 Å². The molecule has 0 radical (unpaired) electrons. The average Bonchev–Trinajstić information content (AvgIpc) is 2.35. The van der Waals surface area contributed by atoms with Gasteiger partial charge < -0.3 is 19.3 Å². The van der Waals surface area contributed by atoms with Crippen LogP contribution in [-0.2, 0) is 23.4 Å². The normalized spacial score (nSPS) is 17.0. The van der Waals surface area contributed by atoms with Crippen LogP contribution in [0.5, 0.6) is 0 Å².